The standard InChI is InChI=1S/C11H8Cl2N2O3/c12-7-2-1-6(8(13)4-7)3-9-14-10(18-15-9)5-11(16)17/h1-2,4H,3,5H2,(H,16,17). The van der Waals surface area contributed by atoms with Crippen molar-refractivity contribution in [2.24, 2.45) is 0 Å². The van der Waals surface area contributed by atoms with Gasteiger partial charge < -0.3 is 9.63 Å². The Morgan fingerprint density at radius 1 is 1.39 bits per heavy atom. The number of carboxylic acids is 1. The van der Waals surface area contributed by atoms with E-state index in [9.17, 15) is 4.79 Å². The highest BCUT2D eigenvalue weighted by Crippen LogP contribution is 2.22. The topological polar surface area (TPSA) is 76.2 Å². The number of benzene rings is 1. The van der Waals surface area contributed by atoms with Crippen LogP contribution < -0.4 is 0 Å². The van der Waals surface area contributed by atoms with Crippen molar-refractivity contribution in [3.8, 4) is 0 Å². The van der Waals surface area contributed by atoms with Crippen LogP contribution in [0.3, 0.4) is 0 Å². The van der Waals surface area contributed by atoms with Gasteiger partial charge in [-0.15, -0.1) is 0 Å². The molecule has 94 valence electrons. The lowest BCUT2D eigenvalue weighted by molar-refractivity contribution is -0.136. The molecular weight excluding hydrogens is 279 g/mol. The maximum absolute atomic E-state index is 10.5. The van der Waals surface area contributed by atoms with E-state index in [1.807, 2.05) is 0 Å². The van der Waals surface area contributed by atoms with Crippen molar-refractivity contribution < 1.29 is 14.4 Å². The van der Waals surface area contributed by atoms with Crippen molar-refractivity contribution in [1.82, 2.24) is 10.1 Å². The first-order chi connectivity index (χ1) is 8.54. The first-order valence-corrected chi connectivity index (χ1v) is 5.77. The van der Waals surface area contributed by atoms with Crippen LogP contribution >= 0.6 is 23.2 Å². The SMILES string of the molecule is O=C(O)Cc1nc(Cc2ccc(Cl)cc2Cl)no1. The fourth-order valence-corrected chi connectivity index (χ4v) is 1.87. The lowest BCUT2D eigenvalue weighted by atomic mass is 10.1. The summed E-state index contributed by atoms with van der Waals surface area (Å²) in [6, 6.07) is 5.09. The van der Waals surface area contributed by atoms with Crippen molar-refractivity contribution in [3.63, 3.8) is 0 Å². The van der Waals surface area contributed by atoms with Crippen LogP contribution in [0.2, 0.25) is 10.0 Å². The van der Waals surface area contributed by atoms with E-state index >= 15 is 0 Å². The van der Waals surface area contributed by atoms with E-state index in [4.69, 9.17) is 32.8 Å². The predicted octanol–water partition coefficient (Wildman–Crippen LogP) is 2.59. The summed E-state index contributed by atoms with van der Waals surface area (Å²) < 4.78 is 4.80. The van der Waals surface area contributed by atoms with Gasteiger partial charge in [-0.25, -0.2) is 0 Å². The van der Waals surface area contributed by atoms with Crippen molar-refractivity contribution in [1.29, 1.82) is 0 Å². The Labute approximate surface area is 112 Å². The van der Waals surface area contributed by atoms with Crippen LogP contribution in [-0.2, 0) is 17.6 Å². The Kier molecular flexibility index (Phi) is 3.84. The molecule has 0 amide bonds. The lowest BCUT2D eigenvalue weighted by Gasteiger charge is -2.00. The molecule has 0 fully saturated rings. The Bertz CT molecular complexity index is 583. The number of hydrogen-bond donors (Lipinski definition) is 1. The molecule has 0 unspecified atom stereocenters. The average Bonchev–Trinajstić information content (AvgIpc) is 2.69. The largest absolute Gasteiger partial charge is 0.481 e. The summed E-state index contributed by atoms with van der Waals surface area (Å²) in [4.78, 5) is 14.4. The third kappa shape index (κ3) is 3.21. The number of aliphatic carboxylic acids is 1. The normalized spacial score (nSPS) is 10.6. The molecule has 5 nitrogen and oxygen atoms in total. The third-order valence-electron chi connectivity index (χ3n) is 2.18. The van der Waals surface area contributed by atoms with Crippen LogP contribution in [0.25, 0.3) is 0 Å². The number of nitrogens with zero attached hydrogens (tertiary/aromatic N) is 2. The number of hydrogen-bond acceptors (Lipinski definition) is 4. The zero-order valence-electron chi connectivity index (χ0n) is 9.06. The van der Waals surface area contributed by atoms with Gasteiger partial charge in [-0.2, -0.15) is 4.98 Å². The molecule has 1 N–H and O–H groups in total. The van der Waals surface area contributed by atoms with E-state index < -0.39 is 5.97 Å². The maximum atomic E-state index is 10.5. The number of halogens is 2. The van der Waals surface area contributed by atoms with E-state index in [1.165, 1.54) is 0 Å². The highest BCUT2D eigenvalue weighted by molar-refractivity contribution is 6.35. The zero-order valence-corrected chi connectivity index (χ0v) is 10.6. The molecular formula is C11H8Cl2N2O3. The Balaban J connectivity index is 2.13. The van der Waals surface area contributed by atoms with Gasteiger partial charge in [-0.05, 0) is 17.7 Å². The van der Waals surface area contributed by atoms with E-state index in [0.29, 0.717) is 22.3 Å². The Morgan fingerprint density at radius 3 is 2.83 bits per heavy atom. The van der Waals surface area contributed by atoms with Crippen LogP contribution in [0.1, 0.15) is 17.3 Å². The van der Waals surface area contributed by atoms with Gasteiger partial charge in [0.25, 0.3) is 0 Å². The van der Waals surface area contributed by atoms with Crippen LogP contribution in [0, 0.1) is 0 Å². The summed E-state index contributed by atoms with van der Waals surface area (Å²) in [7, 11) is 0. The molecule has 0 aliphatic rings. The number of carboxylic acid groups (broad SMARTS) is 1. The maximum Gasteiger partial charge on any atom is 0.312 e. The summed E-state index contributed by atoms with van der Waals surface area (Å²) in [6.45, 7) is 0. The summed E-state index contributed by atoms with van der Waals surface area (Å²) in [5.41, 5.74) is 0.795. The van der Waals surface area contributed by atoms with Gasteiger partial charge in [0.15, 0.2) is 5.82 Å². The molecule has 0 atom stereocenters. The van der Waals surface area contributed by atoms with Crippen LogP contribution in [0.15, 0.2) is 22.7 Å². The number of carbonyl (C=O) groups is 1. The molecule has 18 heavy (non-hydrogen) atoms. The Hall–Kier alpha value is -1.59. The minimum Gasteiger partial charge on any atom is -0.481 e. The van der Waals surface area contributed by atoms with E-state index in [-0.39, 0.29) is 12.3 Å². The molecule has 1 heterocycles. The molecule has 0 bridgehead atoms. The highest BCUT2D eigenvalue weighted by atomic mass is 35.5. The molecule has 7 heteroatoms. The summed E-state index contributed by atoms with van der Waals surface area (Å²) >= 11 is 11.8. The van der Waals surface area contributed by atoms with Gasteiger partial charge >= 0.3 is 5.97 Å². The molecule has 2 aromatic rings. The lowest BCUT2D eigenvalue weighted by Crippen LogP contribution is -2.00. The minimum absolute atomic E-state index is 0.0718. The quantitative estimate of drug-likeness (QED) is 0.935. The summed E-state index contributed by atoms with van der Waals surface area (Å²) in [5, 5.41) is 13.3. The molecule has 0 saturated carbocycles. The van der Waals surface area contributed by atoms with Gasteiger partial charge in [0.1, 0.15) is 6.42 Å². The number of rotatable bonds is 4. The van der Waals surface area contributed by atoms with Crippen LogP contribution in [0.4, 0.5) is 0 Å². The second kappa shape index (κ2) is 5.37. The summed E-state index contributed by atoms with van der Waals surface area (Å²) in [6.07, 6.45) is 0.0699. The molecule has 1 aromatic heterocycles. The van der Waals surface area contributed by atoms with E-state index in [1.54, 1.807) is 18.2 Å². The van der Waals surface area contributed by atoms with Crippen LogP contribution in [-0.4, -0.2) is 21.2 Å². The molecule has 2 rings (SSSR count). The first-order valence-electron chi connectivity index (χ1n) is 5.02. The van der Waals surface area contributed by atoms with Crippen molar-refractivity contribution in [3.05, 3.63) is 45.5 Å². The predicted molar refractivity (Wildman–Crippen MR) is 64.9 cm³/mol. The van der Waals surface area contributed by atoms with Gasteiger partial charge in [0.05, 0.1) is 0 Å². The Morgan fingerprint density at radius 2 is 2.17 bits per heavy atom. The van der Waals surface area contributed by atoms with Gasteiger partial charge in [-0.1, -0.05) is 34.4 Å². The smallest absolute Gasteiger partial charge is 0.312 e. The van der Waals surface area contributed by atoms with E-state index in [2.05, 4.69) is 10.1 Å². The van der Waals surface area contributed by atoms with Gasteiger partial charge in [-0.3, -0.25) is 4.79 Å². The monoisotopic (exact) mass is 286 g/mol. The van der Waals surface area contributed by atoms with Crippen molar-refractivity contribution in [2.45, 2.75) is 12.8 Å². The molecule has 1 aromatic carbocycles. The second-order valence-corrected chi connectivity index (χ2v) is 4.43. The molecule has 0 radical (unpaired) electrons. The van der Waals surface area contributed by atoms with Gasteiger partial charge in [0, 0.05) is 16.5 Å². The zero-order chi connectivity index (χ0) is 13.1. The number of aromatic nitrogens is 2. The van der Waals surface area contributed by atoms with Gasteiger partial charge in [0.2, 0.25) is 5.89 Å². The fraction of sp³-hybridized carbons (Fsp3) is 0.182. The van der Waals surface area contributed by atoms with Crippen LogP contribution in [0.5, 0.6) is 0 Å². The highest BCUT2D eigenvalue weighted by Gasteiger charge is 2.11. The minimum atomic E-state index is -1.02. The molecule has 0 saturated heterocycles. The molecule has 0 spiro atoms. The summed E-state index contributed by atoms with van der Waals surface area (Å²) in [5.74, 6) is -0.562. The second-order valence-electron chi connectivity index (χ2n) is 3.59. The fourth-order valence-electron chi connectivity index (χ4n) is 1.40. The first kappa shape index (κ1) is 12.9. The average molecular weight is 287 g/mol. The van der Waals surface area contributed by atoms with E-state index in [0.717, 1.165) is 5.56 Å². The van der Waals surface area contributed by atoms with Crippen molar-refractivity contribution in [2.75, 3.05) is 0 Å². The molecule has 0 aliphatic heterocycles. The van der Waals surface area contributed by atoms with Crippen molar-refractivity contribution >= 4 is 29.2 Å². The molecule has 0 aliphatic carbocycles. The third-order valence-corrected chi connectivity index (χ3v) is 2.76.